The predicted molar refractivity (Wildman–Crippen MR) is 62.0 cm³/mol. The molecule has 1 aromatic rings. The maximum absolute atomic E-state index is 4.35. The minimum Gasteiger partial charge on any atom is -0.256 e. The maximum Gasteiger partial charge on any atom is 0.0702 e. The third kappa shape index (κ3) is 2.70. The van der Waals surface area contributed by atoms with E-state index in [9.17, 15) is 0 Å². The van der Waals surface area contributed by atoms with Crippen LogP contribution in [0.2, 0.25) is 0 Å². The zero-order chi connectivity index (χ0) is 10.4. The molecular formula is C13H15N. The standard InChI is InChI=1S/C13H15N/c1-4-6-12(7-5-2)13-9-8-11(3)10-14-13/h4-10H,1H2,2-3H3/b7-5-,12-6+. The molecule has 1 aromatic heterocycles. The van der Waals surface area contributed by atoms with Gasteiger partial charge in [0.05, 0.1) is 5.69 Å². The Kier molecular flexibility index (Phi) is 3.86. The second-order valence-corrected chi connectivity index (χ2v) is 3.08. The van der Waals surface area contributed by atoms with Crippen molar-refractivity contribution in [3.63, 3.8) is 0 Å². The van der Waals surface area contributed by atoms with Crippen molar-refractivity contribution in [1.29, 1.82) is 0 Å². The van der Waals surface area contributed by atoms with Crippen molar-refractivity contribution in [3.05, 3.63) is 60.5 Å². The number of hydrogen-bond donors (Lipinski definition) is 0. The SMILES string of the molecule is C=C/C=C(\C=C/C)c1ccc(C)cn1. The van der Waals surface area contributed by atoms with Crippen LogP contribution < -0.4 is 0 Å². The predicted octanol–water partition coefficient (Wildman–Crippen LogP) is 3.54. The number of hydrogen-bond acceptors (Lipinski definition) is 1. The summed E-state index contributed by atoms with van der Waals surface area (Å²) in [5, 5.41) is 0. The van der Waals surface area contributed by atoms with Crippen LogP contribution in [0.4, 0.5) is 0 Å². The Hall–Kier alpha value is -1.63. The topological polar surface area (TPSA) is 12.9 Å². The normalized spacial score (nSPS) is 12.0. The number of aryl methyl sites for hydroxylation is 1. The van der Waals surface area contributed by atoms with Gasteiger partial charge in [-0.15, -0.1) is 0 Å². The summed E-state index contributed by atoms with van der Waals surface area (Å²) in [5.74, 6) is 0. The zero-order valence-electron chi connectivity index (χ0n) is 8.70. The van der Waals surface area contributed by atoms with Crippen molar-refractivity contribution >= 4 is 5.57 Å². The summed E-state index contributed by atoms with van der Waals surface area (Å²) in [6.07, 6.45) is 9.63. The fourth-order valence-corrected chi connectivity index (χ4v) is 1.17. The molecule has 0 saturated heterocycles. The molecule has 0 N–H and O–H groups in total. The smallest absolute Gasteiger partial charge is 0.0702 e. The van der Waals surface area contributed by atoms with Gasteiger partial charge in [-0.3, -0.25) is 4.98 Å². The van der Waals surface area contributed by atoms with Gasteiger partial charge < -0.3 is 0 Å². The highest BCUT2D eigenvalue weighted by Crippen LogP contribution is 2.13. The molecular weight excluding hydrogens is 170 g/mol. The van der Waals surface area contributed by atoms with Gasteiger partial charge in [0, 0.05) is 6.20 Å². The molecule has 0 unspecified atom stereocenters. The first-order chi connectivity index (χ1) is 6.77. The molecule has 0 bridgehead atoms. The molecule has 1 nitrogen and oxygen atoms in total. The molecule has 1 heterocycles. The maximum atomic E-state index is 4.35. The first-order valence-corrected chi connectivity index (χ1v) is 4.66. The van der Waals surface area contributed by atoms with E-state index in [0.29, 0.717) is 0 Å². The van der Waals surface area contributed by atoms with Crippen molar-refractivity contribution < 1.29 is 0 Å². The molecule has 14 heavy (non-hydrogen) atoms. The van der Waals surface area contributed by atoms with Crippen LogP contribution in [-0.2, 0) is 0 Å². The fraction of sp³-hybridized carbons (Fsp3) is 0.154. The van der Waals surface area contributed by atoms with E-state index in [-0.39, 0.29) is 0 Å². The highest BCUT2D eigenvalue weighted by atomic mass is 14.7. The second kappa shape index (κ2) is 5.18. The van der Waals surface area contributed by atoms with Crippen molar-refractivity contribution in [2.45, 2.75) is 13.8 Å². The monoisotopic (exact) mass is 185 g/mol. The van der Waals surface area contributed by atoms with E-state index in [4.69, 9.17) is 0 Å². The molecule has 0 radical (unpaired) electrons. The van der Waals surface area contributed by atoms with Crippen LogP contribution >= 0.6 is 0 Å². The van der Waals surface area contributed by atoms with Crippen LogP contribution in [0.1, 0.15) is 18.2 Å². The molecule has 0 fully saturated rings. The van der Waals surface area contributed by atoms with Crippen molar-refractivity contribution in [2.75, 3.05) is 0 Å². The van der Waals surface area contributed by atoms with E-state index >= 15 is 0 Å². The molecule has 0 spiro atoms. The lowest BCUT2D eigenvalue weighted by molar-refractivity contribution is 1.23. The largest absolute Gasteiger partial charge is 0.256 e. The fourth-order valence-electron chi connectivity index (χ4n) is 1.17. The van der Waals surface area contributed by atoms with Gasteiger partial charge in [0.25, 0.3) is 0 Å². The van der Waals surface area contributed by atoms with E-state index < -0.39 is 0 Å². The highest BCUT2D eigenvalue weighted by Gasteiger charge is 1.96. The lowest BCUT2D eigenvalue weighted by Gasteiger charge is -2.00. The molecule has 0 aliphatic rings. The van der Waals surface area contributed by atoms with Crippen LogP contribution in [-0.4, -0.2) is 4.98 Å². The van der Waals surface area contributed by atoms with Crippen LogP contribution in [0, 0.1) is 6.92 Å². The van der Waals surface area contributed by atoms with E-state index in [1.54, 1.807) is 6.08 Å². The third-order valence-electron chi connectivity index (χ3n) is 1.85. The van der Waals surface area contributed by atoms with E-state index in [0.717, 1.165) is 11.3 Å². The number of allylic oxidation sites excluding steroid dienone is 5. The molecule has 0 aromatic carbocycles. The molecule has 1 heteroatoms. The Bertz CT molecular complexity index is 355. The lowest BCUT2D eigenvalue weighted by Crippen LogP contribution is -1.86. The quantitative estimate of drug-likeness (QED) is 0.656. The van der Waals surface area contributed by atoms with E-state index in [2.05, 4.69) is 17.6 Å². The Morgan fingerprint density at radius 1 is 1.43 bits per heavy atom. The highest BCUT2D eigenvalue weighted by molar-refractivity contribution is 5.72. The zero-order valence-corrected chi connectivity index (χ0v) is 8.70. The van der Waals surface area contributed by atoms with Crippen molar-refractivity contribution in [3.8, 4) is 0 Å². The van der Waals surface area contributed by atoms with Crippen LogP contribution in [0.25, 0.3) is 5.57 Å². The van der Waals surface area contributed by atoms with E-state index in [1.807, 2.05) is 44.3 Å². The van der Waals surface area contributed by atoms with E-state index in [1.165, 1.54) is 5.56 Å². The van der Waals surface area contributed by atoms with Gasteiger partial charge in [-0.05, 0) is 31.1 Å². The summed E-state index contributed by atoms with van der Waals surface area (Å²) < 4.78 is 0. The molecule has 1 rings (SSSR count). The summed E-state index contributed by atoms with van der Waals surface area (Å²) in [7, 11) is 0. The van der Waals surface area contributed by atoms with Gasteiger partial charge in [0.1, 0.15) is 0 Å². The Labute approximate surface area is 85.5 Å². The van der Waals surface area contributed by atoms with Gasteiger partial charge in [-0.1, -0.05) is 36.9 Å². The average molecular weight is 185 g/mol. The van der Waals surface area contributed by atoms with Gasteiger partial charge in [0.15, 0.2) is 0 Å². The van der Waals surface area contributed by atoms with Gasteiger partial charge in [-0.2, -0.15) is 0 Å². The van der Waals surface area contributed by atoms with Crippen LogP contribution in [0.5, 0.6) is 0 Å². The molecule has 0 amide bonds. The Morgan fingerprint density at radius 2 is 2.21 bits per heavy atom. The van der Waals surface area contributed by atoms with Crippen molar-refractivity contribution in [2.24, 2.45) is 0 Å². The minimum absolute atomic E-state index is 0.980. The third-order valence-corrected chi connectivity index (χ3v) is 1.85. The summed E-state index contributed by atoms with van der Waals surface area (Å²) in [5.41, 5.74) is 3.24. The number of aromatic nitrogens is 1. The minimum atomic E-state index is 0.980. The van der Waals surface area contributed by atoms with Crippen LogP contribution in [0.15, 0.2) is 49.2 Å². The molecule has 72 valence electrons. The molecule has 0 aliphatic carbocycles. The summed E-state index contributed by atoms with van der Waals surface area (Å²) in [6.45, 7) is 7.71. The molecule has 0 aliphatic heterocycles. The first-order valence-electron chi connectivity index (χ1n) is 4.66. The van der Waals surface area contributed by atoms with Gasteiger partial charge >= 0.3 is 0 Å². The Morgan fingerprint density at radius 3 is 2.71 bits per heavy atom. The first kappa shape index (κ1) is 10.5. The van der Waals surface area contributed by atoms with Gasteiger partial charge in [-0.25, -0.2) is 0 Å². The second-order valence-electron chi connectivity index (χ2n) is 3.08. The molecule has 0 atom stereocenters. The average Bonchev–Trinajstić information content (AvgIpc) is 2.19. The Balaban J connectivity index is 3.05. The summed E-state index contributed by atoms with van der Waals surface area (Å²) in [6, 6.07) is 4.08. The number of nitrogens with zero attached hydrogens (tertiary/aromatic N) is 1. The number of pyridine rings is 1. The summed E-state index contributed by atoms with van der Waals surface area (Å²) >= 11 is 0. The van der Waals surface area contributed by atoms with Gasteiger partial charge in [0.2, 0.25) is 0 Å². The van der Waals surface area contributed by atoms with Crippen LogP contribution in [0.3, 0.4) is 0 Å². The summed E-state index contributed by atoms with van der Waals surface area (Å²) in [4.78, 5) is 4.35. The lowest BCUT2D eigenvalue weighted by atomic mass is 10.1. The van der Waals surface area contributed by atoms with Crippen molar-refractivity contribution in [1.82, 2.24) is 4.98 Å². The molecule has 0 saturated carbocycles. The number of rotatable bonds is 3.